The maximum Gasteiger partial charge on any atom is 1.00 e. The molecular weight excluding hydrogens is 360 g/mol. The smallest absolute Gasteiger partial charge is 1.00 e. The summed E-state index contributed by atoms with van der Waals surface area (Å²) in [7, 11) is 0. The van der Waals surface area contributed by atoms with Gasteiger partial charge in [-0.2, -0.15) is 0 Å². The van der Waals surface area contributed by atoms with Gasteiger partial charge < -0.3 is 15.2 Å². The predicted molar refractivity (Wildman–Crippen MR) is 69.9 cm³/mol. The second-order valence-electron chi connectivity index (χ2n) is 2.86. The standard InChI is InChI=1S/C13H14O5.2K.2Na.4H/c1-3-5-7-9-11(14)17-13(16)18-12(15)10-8-6-4-2;;;;;;;;/h3-10H,1-2H3;;;;;;;;/q;4*+1;4*-1/b5-3+,6-4+,9-7+,10-8+;;;;;;;;. The Balaban J connectivity index is -0.0000000516. The van der Waals surface area contributed by atoms with Crippen molar-refractivity contribution in [3.63, 3.8) is 0 Å². The third kappa shape index (κ3) is 25.1. The SMILES string of the molecule is C/C=C/C=C/C(=O)OC(=O)OC(=O)/C=C/C=C/C.[H-].[H-].[H-].[H-].[K+].[K+].[Na+].[Na+]. The summed E-state index contributed by atoms with van der Waals surface area (Å²) >= 11 is 0. The molecule has 0 amide bonds. The van der Waals surface area contributed by atoms with Crippen molar-refractivity contribution in [2.75, 3.05) is 0 Å². The first-order valence-electron chi connectivity index (χ1n) is 5.16. The molecule has 0 saturated carbocycles. The van der Waals surface area contributed by atoms with Crippen LogP contribution in [0, 0.1) is 0 Å². The zero-order chi connectivity index (χ0) is 13.8. The van der Waals surface area contributed by atoms with E-state index in [0.717, 1.165) is 12.2 Å². The fraction of sp³-hybridized carbons (Fsp3) is 0.154. The van der Waals surface area contributed by atoms with Crippen LogP contribution in [-0.4, -0.2) is 18.1 Å². The zero-order valence-corrected chi connectivity index (χ0v) is 24.4. The van der Waals surface area contributed by atoms with Gasteiger partial charge >= 0.3 is 180 Å². The summed E-state index contributed by atoms with van der Waals surface area (Å²) in [4.78, 5) is 32.9. The molecule has 104 valence electrons. The average molecular weight is 378 g/mol. The fourth-order valence-electron chi connectivity index (χ4n) is 0.744. The molecule has 5 nitrogen and oxygen atoms in total. The second-order valence-corrected chi connectivity index (χ2v) is 2.86. The molecule has 0 atom stereocenters. The van der Waals surface area contributed by atoms with Crippen LogP contribution in [0.4, 0.5) is 4.79 Å². The monoisotopic (exact) mass is 378 g/mol. The third-order valence-electron chi connectivity index (χ3n) is 1.44. The van der Waals surface area contributed by atoms with Crippen LogP contribution in [0.3, 0.4) is 0 Å². The van der Waals surface area contributed by atoms with Gasteiger partial charge in [0.05, 0.1) is 0 Å². The van der Waals surface area contributed by atoms with Crippen molar-refractivity contribution in [1.29, 1.82) is 0 Å². The van der Waals surface area contributed by atoms with Crippen LogP contribution in [0.25, 0.3) is 0 Å². The Hall–Kier alpha value is 2.84. The van der Waals surface area contributed by atoms with Gasteiger partial charge in [0.25, 0.3) is 0 Å². The summed E-state index contributed by atoms with van der Waals surface area (Å²) in [5.41, 5.74) is 0. The first-order chi connectivity index (χ1) is 8.60. The van der Waals surface area contributed by atoms with Crippen LogP contribution in [0.1, 0.15) is 19.6 Å². The van der Waals surface area contributed by atoms with Crippen LogP contribution in [0.2, 0.25) is 0 Å². The number of carbonyl (C=O) groups is 3. The molecule has 0 spiro atoms. The molecule has 0 aliphatic rings. The topological polar surface area (TPSA) is 69.7 Å². The normalized spacial score (nSPS) is 9.55. The van der Waals surface area contributed by atoms with Gasteiger partial charge in [-0.15, -0.1) is 0 Å². The van der Waals surface area contributed by atoms with Crippen LogP contribution in [-0.2, 0) is 19.1 Å². The van der Waals surface area contributed by atoms with E-state index in [2.05, 4.69) is 9.47 Å². The van der Waals surface area contributed by atoms with Gasteiger partial charge in [0.15, 0.2) is 0 Å². The van der Waals surface area contributed by atoms with E-state index >= 15 is 0 Å². The van der Waals surface area contributed by atoms with Gasteiger partial charge in [0, 0.05) is 12.2 Å². The Morgan fingerprint density at radius 3 is 1.32 bits per heavy atom. The van der Waals surface area contributed by atoms with Crippen molar-refractivity contribution in [3.8, 4) is 0 Å². The molecule has 9 heteroatoms. The Bertz CT molecular complexity index is 410. The molecule has 22 heavy (non-hydrogen) atoms. The Kier molecular flexibility index (Phi) is 42.5. The Labute approximate surface area is 266 Å². The minimum Gasteiger partial charge on any atom is -1.00 e. The molecule has 0 aliphatic carbocycles. The van der Waals surface area contributed by atoms with Crippen molar-refractivity contribution in [2.24, 2.45) is 0 Å². The summed E-state index contributed by atoms with van der Waals surface area (Å²) in [5, 5.41) is 0. The van der Waals surface area contributed by atoms with Crippen molar-refractivity contribution in [2.45, 2.75) is 13.8 Å². The number of hydrogen-bond acceptors (Lipinski definition) is 5. The first kappa shape index (κ1) is 35.9. The summed E-state index contributed by atoms with van der Waals surface area (Å²) in [5.74, 6) is -1.83. The van der Waals surface area contributed by atoms with Gasteiger partial charge in [-0.1, -0.05) is 36.5 Å². The molecule has 0 radical (unpaired) electrons. The van der Waals surface area contributed by atoms with Crippen LogP contribution in [0.15, 0.2) is 48.6 Å². The average Bonchev–Trinajstić information content (AvgIpc) is 2.29. The van der Waals surface area contributed by atoms with E-state index in [0.29, 0.717) is 0 Å². The van der Waals surface area contributed by atoms with E-state index in [1.54, 1.807) is 38.2 Å². The van der Waals surface area contributed by atoms with Crippen molar-refractivity contribution < 1.29 is 191 Å². The van der Waals surface area contributed by atoms with E-state index < -0.39 is 18.1 Å². The number of esters is 2. The number of hydrogen-bond donors (Lipinski definition) is 0. The van der Waals surface area contributed by atoms with Gasteiger partial charge in [0.1, 0.15) is 0 Å². The summed E-state index contributed by atoms with van der Waals surface area (Å²) in [6, 6.07) is 0. The van der Waals surface area contributed by atoms with Crippen LogP contribution < -0.4 is 162 Å². The number of carbonyl (C=O) groups excluding carboxylic acids is 3. The number of ether oxygens (including phenoxy) is 2. The molecule has 0 N–H and O–H groups in total. The molecule has 0 unspecified atom stereocenters. The van der Waals surface area contributed by atoms with Crippen molar-refractivity contribution in [3.05, 3.63) is 48.6 Å². The summed E-state index contributed by atoms with van der Waals surface area (Å²) in [6.07, 6.45) is 10.0. The van der Waals surface area contributed by atoms with Gasteiger partial charge in [-0.25, -0.2) is 14.4 Å². The van der Waals surface area contributed by atoms with E-state index in [9.17, 15) is 14.4 Å². The van der Waals surface area contributed by atoms with Gasteiger partial charge in [-0.05, 0) is 13.8 Å². The maximum absolute atomic E-state index is 11.0. The Morgan fingerprint density at radius 1 is 0.727 bits per heavy atom. The molecule has 0 saturated heterocycles. The predicted octanol–water partition coefficient (Wildman–Crippen LogP) is -9.08. The molecule has 0 aliphatic heterocycles. The molecular formula is C13H18K2Na2O5. The van der Waals surface area contributed by atoms with E-state index in [-0.39, 0.29) is 168 Å². The summed E-state index contributed by atoms with van der Waals surface area (Å²) < 4.78 is 8.36. The first-order valence-corrected chi connectivity index (χ1v) is 5.16. The van der Waals surface area contributed by atoms with Crippen molar-refractivity contribution in [1.82, 2.24) is 0 Å². The fourth-order valence-corrected chi connectivity index (χ4v) is 0.744. The molecule has 0 fully saturated rings. The molecule has 0 heterocycles. The maximum atomic E-state index is 11.0. The quantitative estimate of drug-likeness (QED) is 0.160. The molecule has 0 rings (SSSR count). The third-order valence-corrected chi connectivity index (χ3v) is 1.44. The number of allylic oxidation sites excluding steroid dienone is 6. The minimum absolute atomic E-state index is 0. The minimum atomic E-state index is -1.36. The number of rotatable bonds is 4. The van der Waals surface area contributed by atoms with Crippen molar-refractivity contribution >= 4 is 18.1 Å². The van der Waals surface area contributed by atoms with Gasteiger partial charge in [0.2, 0.25) is 0 Å². The van der Waals surface area contributed by atoms with E-state index in [4.69, 9.17) is 0 Å². The second kappa shape index (κ2) is 26.1. The van der Waals surface area contributed by atoms with Crippen LogP contribution in [0.5, 0.6) is 0 Å². The summed E-state index contributed by atoms with van der Waals surface area (Å²) in [6.45, 7) is 3.53. The zero-order valence-electron chi connectivity index (χ0n) is 18.2. The van der Waals surface area contributed by atoms with E-state index in [1.165, 1.54) is 12.2 Å². The molecule has 0 aromatic carbocycles. The molecule has 0 aromatic rings. The Morgan fingerprint density at radius 2 is 1.05 bits per heavy atom. The molecule has 0 bridgehead atoms. The van der Waals surface area contributed by atoms with Gasteiger partial charge in [-0.3, -0.25) is 0 Å². The van der Waals surface area contributed by atoms with E-state index in [1.807, 2.05) is 0 Å². The molecule has 0 aromatic heterocycles. The van der Waals surface area contributed by atoms with Crippen LogP contribution >= 0.6 is 0 Å². The largest absolute Gasteiger partial charge is 1.00 e.